The van der Waals surface area contributed by atoms with E-state index in [2.05, 4.69) is 20.7 Å². The van der Waals surface area contributed by atoms with Crippen molar-refractivity contribution in [2.75, 3.05) is 11.9 Å². The van der Waals surface area contributed by atoms with E-state index >= 15 is 0 Å². The van der Waals surface area contributed by atoms with E-state index in [1.165, 1.54) is 0 Å². The molecule has 136 valence electrons. The molecule has 0 spiro atoms. The number of aliphatic hydroxyl groups is 1. The second kappa shape index (κ2) is 8.62. The number of aromatic nitrogens is 3. The van der Waals surface area contributed by atoms with Gasteiger partial charge in [0.15, 0.2) is 0 Å². The standard InChI is InChI=1S/C18H27N5O2/c1-12(8-13(2)24)10-19-18(25)21-17-7-5-6-16(9-17)11-23-15(4)20-14(3)22-23/h5-7,9,12-13,24H,8,10-11H2,1-4H3,(H2,19,21,25). The number of benzene rings is 1. The van der Waals surface area contributed by atoms with Crippen LogP contribution in [0.5, 0.6) is 0 Å². The number of amides is 2. The molecule has 2 aromatic rings. The van der Waals surface area contributed by atoms with Gasteiger partial charge in [0.1, 0.15) is 11.6 Å². The Morgan fingerprint density at radius 3 is 2.72 bits per heavy atom. The third-order valence-corrected chi connectivity index (χ3v) is 3.83. The second-order valence-electron chi connectivity index (χ2n) is 6.59. The van der Waals surface area contributed by atoms with E-state index in [0.29, 0.717) is 19.5 Å². The van der Waals surface area contributed by atoms with Gasteiger partial charge in [-0.1, -0.05) is 19.1 Å². The van der Waals surface area contributed by atoms with Crippen LogP contribution in [0.25, 0.3) is 0 Å². The topological polar surface area (TPSA) is 92.1 Å². The molecule has 2 rings (SSSR count). The molecule has 0 bridgehead atoms. The van der Waals surface area contributed by atoms with Crippen molar-refractivity contribution >= 4 is 11.7 Å². The van der Waals surface area contributed by atoms with Crippen LogP contribution >= 0.6 is 0 Å². The molecule has 0 aliphatic heterocycles. The molecule has 7 heteroatoms. The van der Waals surface area contributed by atoms with Crippen LogP contribution in [0.15, 0.2) is 24.3 Å². The molecule has 1 aromatic carbocycles. The fraction of sp³-hybridized carbons (Fsp3) is 0.500. The summed E-state index contributed by atoms with van der Waals surface area (Å²) >= 11 is 0. The highest BCUT2D eigenvalue weighted by Gasteiger charge is 2.09. The average molecular weight is 345 g/mol. The molecular formula is C18H27N5O2. The number of hydrogen-bond acceptors (Lipinski definition) is 4. The minimum atomic E-state index is -0.361. The van der Waals surface area contributed by atoms with Crippen molar-refractivity contribution in [1.29, 1.82) is 0 Å². The molecular weight excluding hydrogens is 318 g/mol. The minimum absolute atomic E-state index is 0.218. The van der Waals surface area contributed by atoms with Crippen molar-refractivity contribution in [1.82, 2.24) is 20.1 Å². The fourth-order valence-electron chi connectivity index (χ4n) is 2.74. The van der Waals surface area contributed by atoms with Gasteiger partial charge in [-0.15, -0.1) is 0 Å². The van der Waals surface area contributed by atoms with E-state index in [-0.39, 0.29) is 18.1 Å². The zero-order chi connectivity index (χ0) is 18.4. The van der Waals surface area contributed by atoms with Crippen LogP contribution in [-0.2, 0) is 6.54 Å². The van der Waals surface area contributed by atoms with E-state index in [1.54, 1.807) is 6.92 Å². The number of urea groups is 1. The Morgan fingerprint density at radius 2 is 2.08 bits per heavy atom. The molecule has 2 unspecified atom stereocenters. The van der Waals surface area contributed by atoms with E-state index in [4.69, 9.17) is 0 Å². The smallest absolute Gasteiger partial charge is 0.319 e. The van der Waals surface area contributed by atoms with Crippen molar-refractivity contribution in [3.8, 4) is 0 Å². The highest BCUT2D eigenvalue weighted by molar-refractivity contribution is 5.89. The molecule has 0 saturated carbocycles. The number of rotatable bonds is 7. The SMILES string of the molecule is Cc1nc(C)n(Cc2cccc(NC(=O)NCC(C)CC(C)O)c2)n1. The molecule has 1 aromatic heterocycles. The van der Waals surface area contributed by atoms with Crippen LogP contribution in [0.2, 0.25) is 0 Å². The number of aryl methyl sites for hydroxylation is 2. The summed E-state index contributed by atoms with van der Waals surface area (Å²) in [6.07, 6.45) is 0.298. The van der Waals surface area contributed by atoms with E-state index < -0.39 is 0 Å². The normalized spacial score (nSPS) is 13.3. The van der Waals surface area contributed by atoms with Gasteiger partial charge in [0, 0.05) is 12.2 Å². The van der Waals surface area contributed by atoms with Crippen LogP contribution in [0, 0.1) is 19.8 Å². The van der Waals surface area contributed by atoms with Crippen LogP contribution in [-0.4, -0.2) is 38.6 Å². The first kappa shape index (κ1) is 18.9. The zero-order valence-corrected chi connectivity index (χ0v) is 15.3. The van der Waals surface area contributed by atoms with E-state index in [1.807, 2.05) is 49.7 Å². The molecule has 7 nitrogen and oxygen atoms in total. The maximum Gasteiger partial charge on any atom is 0.319 e. The van der Waals surface area contributed by atoms with Crippen molar-refractivity contribution in [2.45, 2.75) is 46.8 Å². The van der Waals surface area contributed by atoms with Gasteiger partial charge in [-0.3, -0.25) is 0 Å². The lowest BCUT2D eigenvalue weighted by molar-refractivity contribution is 0.163. The number of nitrogens with one attached hydrogen (secondary N) is 2. The largest absolute Gasteiger partial charge is 0.393 e. The summed E-state index contributed by atoms with van der Waals surface area (Å²) in [4.78, 5) is 16.3. The summed E-state index contributed by atoms with van der Waals surface area (Å²) in [5.41, 5.74) is 1.76. The average Bonchev–Trinajstić information content (AvgIpc) is 2.82. The molecule has 2 amide bonds. The lowest BCUT2D eigenvalue weighted by Crippen LogP contribution is -2.33. The van der Waals surface area contributed by atoms with Crippen molar-refractivity contribution in [2.24, 2.45) is 5.92 Å². The highest BCUT2D eigenvalue weighted by Crippen LogP contribution is 2.13. The summed E-state index contributed by atoms with van der Waals surface area (Å²) in [6, 6.07) is 7.42. The van der Waals surface area contributed by atoms with Crippen LogP contribution < -0.4 is 10.6 Å². The Labute approximate surface area is 148 Å². The van der Waals surface area contributed by atoms with Gasteiger partial charge in [-0.2, -0.15) is 5.10 Å². The van der Waals surface area contributed by atoms with Crippen molar-refractivity contribution in [3.05, 3.63) is 41.5 Å². The van der Waals surface area contributed by atoms with Crippen molar-refractivity contribution < 1.29 is 9.90 Å². The van der Waals surface area contributed by atoms with Gasteiger partial charge in [0.25, 0.3) is 0 Å². The molecule has 2 atom stereocenters. The van der Waals surface area contributed by atoms with Crippen LogP contribution in [0.4, 0.5) is 10.5 Å². The van der Waals surface area contributed by atoms with E-state index in [0.717, 1.165) is 22.9 Å². The maximum absolute atomic E-state index is 12.0. The number of carbonyl (C=O) groups is 1. The molecule has 0 saturated heterocycles. The molecule has 25 heavy (non-hydrogen) atoms. The maximum atomic E-state index is 12.0. The molecule has 1 heterocycles. The fourth-order valence-corrected chi connectivity index (χ4v) is 2.74. The monoisotopic (exact) mass is 345 g/mol. The first-order chi connectivity index (χ1) is 11.8. The lowest BCUT2D eigenvalue weighted by atomic mass is 10.1. The Balaban J connectivity index is 1.90. The Kier molecular flexibility index (Phi) is 6.52. The first-order valence-corrected chi connectivity index (χ1v) is 8.53. The molecule has 0 fully saturated rings. The van der Waals surface area contributed by atoms with Gasteiger partial charge < -0.3 is 15.7 Å². The summed E-state index contributed by atoms with van der Waals surface area (Å²) < 4.78 is 1.84. The zero-order valence-electron chi connectivity index (χ0n) is 15.3. The number of aliphatic hydroxyl groups excluding tert-OH is 1. The third-order valence-electron chi connectivity index (χ3n) is 3.83. The predicted octanol–water partition coefficient (Wildman–Crippen LogP) is 2.47. The van der Waals surface area contributed by atoms with Crippen molar-refractivity contribution in [3.63, 3.8) is 0 Å². The number of carbonyl (C=O) groups excluding carboxylic acids is 1. The summed E-state index contributed by atoms with van der Waals surface area (Å²) in [5, 5.41) is 19.4. The summed E-state index contributed by atoms with van der Waals surface area (Å²) in [6.45, 7) is 8.66. The van der Waals surface area contributed by atoms with Gasteiger partial charge in [0.05, 0.1) is 12.6 Å². The number of anilines is 1. The Morgan fingerprint density at radius 1 is 1.32 bits per heavy atom. The Bertz CT molecular complexity index is 711. The Hall–Kier alpha value is -2.41. The molecule has 3 N–H and O–H groups in total. The number of hydrogen-bond donors (Lipinski definition) is 3. The highest BCUT2D eigenvalue weighted by atomic mass is 16.3. The van der Waals surface area contributed by atoms with Crippen LogP contribution in [0.3, 0.4) is 0 Å². The van der Waals surface area contributed by atoms with Gasteiger partial charge in [-0.05, 0) is 50.8 Å². The molecule has 0 aliphatic carbocycles. The van der Waals surface area contributed by atoms with E-state index in [9.17, 15) is 9.90 Å². The number of nitrogens with zero attached hydrogens (tertiary/aromatic N) is 3. The van der Waals surface area contributed by atoms with Crippen LogP contribution in [0.1, 0.15) is 37.5 Å². The van der Waals surface area contributed by atoms with Gasteiger partial charge in [-0.25, -0.2) is 14.5 Å². The van der Waals surface area contributed by atoms with Gasteiger partial charge >= 0.3 is 6.03 Å². The molecule has 0 radical (unpaired) electrons. The summed E-state index contributed by atoms with van der Waals surface area (Å²) in [7, 11) is 0. The third kappa shape index (κ3) is 6.19. The van der Waals surface area contributed by atoms with Gasteiger partial charge in [0.2, 0.25) is 0 Å². The quantitative estimate of drug-likeness (QED) is 0.719. The summed E-state index contributed by atoms with van der Waals surface area (Å²) in [5.74, 6) is 1.83. The minimum Gasteiger partial charge on any atom is -0.393 e. The predicted molar refractivity (Wildman–Crippen MR) is 97.5 cm³/mol. The lowest BCUT2D eigenvalue weighted by Gasteiger charge is -2.15. The first-order valence-electron chi connectivity index (χ1n) is 8.53. The molecule has 0 aliphatic rings. The second-order valence-corrected chi connectivity index (χ2v) is 6.59.